The molecule has 23 heavy (non-hydrogen) atoms. The van der Waals surface area contributed by atoms with Gasteiger partial charge in [0.15, 0.2) is 10.1 Å². The summed E-state index contributed by atoms with van der Waals surface area (Å²) in [6, 6.07) is 14.3. The van der Waals surface area contributed by atoms with Gasteiger partial charge in [-0.05, 0) is 55.0 Å². The molecule has 0 unspecified atom stereocenters. The summed E-state index contributed by atoms with van der Waals surface area (Å²) in [6.07, 6.45) is 4.78. The van der Waals surface area contributed by atoms with Crippen LogP contribution in [0.4, 0.5) is 0 Å². The van der Waals surface area contributed by atoms with Crippen LogP contribution in [0.3, 0.4) is 0 Å². The number of para-hydroxylation sites is 1. The Hall–Kier alpha value is -1.65. The Kier molecular flexibility index (Phi) is 4.19. The molecular formula is C19H17NOS2. The van der Waals surface area contributed by atoms with E-state index in [-0.39, 0.29) is 5.78 Å². The number of aryl methyl sites for hydroxylation is 2. The van der Waals surface area contributed by atoms with Crippen LogP contribution in [0.1, 0.15) is 34.3 Å². The van der Waals surface area contributed by atoms with E-state index in [0.717, 1.165) is 28.3 Å². The molecular weight excluding hydrogens is 322 g/mol. The third-order valence-electron chi connectivity index (χ3n) is 4.27. The molecule has 1 aliphatic carbocycles. The first-order chi connectivity index (χ1) is 11.3. The summed E-state index contributed by atoms with van der Waals surface area (Å²) in [4.78, 5) is 17.1. The van der Waals surface area contributed by atoms with E-state index in [9.17, 15) is 4.79 Å². The maximum absolute atomic E-state index is 12.5. The van der Waals surface area contributed by atoms with Crippen LogP contribution in [0.2, 0.25) is 0 Å². The van der Waals surface area contributed by atoms with E-state index >= 15 is 0 Å². The first-order valence-electron chi connectivity index (χ1n) is 7.93. The van der Waals surface area contributed by atoms with Crippen LogP contribution in [0.25, 0.3) is 10.2 Å². The van der Waals surface area contributed by atoms with Gasteiger partial charge in [0.05, 0.1) is 16.0 Å². The van der Waals surface area contributed by atoms with Crippen LogP contribution in [-0.4, -0.2) is 16.5 Å². The van der Waals surface area contributed by atoms with E-state index in [1.165, 1.54) is 28.7 Å². The van der Waals surface area contributed by atoms with E-state index in [1.807, 2.05) is 24.3 Å². The van der Waals surface area contributed by atoms with Crippen molar-refractivity contribution in [1.29, 1.82) is 0 Å². The number of carbonyl (C=O) groups excluding carboxylic acids is 1. The highest BCUT2D eigenvalue weighted by molar-refractivity contribution is 8.01. The van der Waals surface area contributed by atoms with Crippen molar-refractivity contribution in [2.24, 2.45) is 0 Å². The fourth-order valence-electron chi connectivity index (χ4n) is 3.03. The second-order valence-electron chi connectivity index (χ2n) is 5.85. The molecule has 0 saturated carbocycles. The Labute approximate surface area is 143 Å². The Morgan fingerprint density at radius 3 is 2.78 bits per heavy atom. The normalized spacial score (nSPS) is 13.9. The van der Waals surface area contributed by atoms with Crippen LogP contribution in [-0.2, 0) is 12.8 Å². The average molecular weight is 339 g/mol. The zero-order valence-electron chi connectivity index (χ0n) is 12.7. The molecule has 0 bridgehead atoms. The van der Waals surface area contributed by atoms with Crippen molar-refractivity contribution in [2.75, 3.05) is 5.75 Å². The standard InChI is InChI=1S/C19H17NOS2/c21-17(15-10-9-13-5-1-2-6-14(13)11-15)12-22-19-20-16-7-3-4-8-18(16)23-19/h3-4,7-11H,1-2,5-6,12H2. The lowest BCUT2D eigenvalue weighted by molar-refractivity contribution is 0.102. The number of thiazole rings is 1. The molecule has 1 aromatic heterocycles. The summed E-state index contributed by atoms with van der Waals surface area (Å²) in [5, 5.41) is 0. The molecule has 4 heteroatoms. The maximum atomic E-state index is 12.5. The largest absolute Gasteiger partial charge is 0.293 e. The van der Waals surface area contributed by atoms with Crippen molar-refractivity contribution in [3.63, 3.8) is 0 Å². The van der Waals surface area contributed by atoms with Crippen molar-refractivity contribution < 1.29 is 4.79 Å². The van der Waals surface area contributed by atoms with Crippen LogP contribution < -0.4 is 0 Å². The highest BCUT2D eigenvalue weighted by Crippen LogP contribution is 2.30. The van der Waals surface area contributed by atoms with Gasteiger partial charge in [-0.15, -0.1) is 11.3 Å². The molecule has 0 aliphatic heterocycles. The zero-order valence-corrected chi connectivity index (χ0v) is 14.4. The van der Waals surface area contributed by atoms with E-state index in [4.69, 9.17) is 0 Å². The van der Waals surface area contributed by atoms with Crippen LogP contribution in [0.5, 0.6) is 0 Å². The summed E-state index contributed by atoms with van der Waals surface area (Å²) in [6.45, 7) is 0. The zero-order chi connectivity index (χ0) is 15.6. The van der Waals surface area contributed by atoms with E-state index < -0.39 is 0 Å². The monoisotopic (exact) mass is 339 g/mol. The Balaban J connectivity index is 1.47. The second-order valence-corrected chi connectivity index (χ2v) is 8.10. The fourth-order valence-corrected chi connectivity index (χ4v) is 4.99. The molecule has 1 aliphatic rings. The van der Waals surface area contributed by atoms with Gasteiger partial charge in [-0.2, -0.15) is 0 Å². The second kappa shape index (κ2) is 6.46. The predicted octanol–water partition coefficient (Wildman–Crippen LogP) is 5.15. The fraction of sp³-hybridized carbons (Fsp3) is 0.263. The number of ketones is 1. The number of carbonyl (C=O) groups is 1. The Morgan fingerprint density at radius 2 is 1.91 bits per heavy atom. The maximum Gasteiger partial charge on any atom is 0.173 e. The van der Waals surface area contributed by atoms with Gasteiger partial charge in [0.1, 0.15) is 0 Å². The van der Waals surface area contributed by atoms with Gasteiger partial charge >= 0.3 is 0 Å². The number of nitrogens with zero attached hydrogens (tertiary/aromatic N) is 1. The SMILES string of the molecule is O=C(CSc1nc2ccccc2s1)c1ccc2c(c1)CCCC2. The average Bonchev–Trinajstić information content (AvgIpc) is 3.02. The van der Waals surface area contributed by atoms with Gasteiger partial charge in [-0.25, -0.2) is 4.98 Å². The Bertz CT molecular complexity index is 836. The number of rotatable bonds is 4. The first-order valence-corrected chi connectivity index (χ1v) is 9.73. The van der Waals surface area contributed by atoms with E-state index in [2.05, 4.69) is 23.2 Å². The molecule has 0 radical (unpaired) electrons. The summed E-state index contributed by atoms with van der Waals surface area (Å²) >= 11 is 3.20. The number of Topliss-reactive ketones (excluding diaryl/α,β-unsaturated/α-hetero) is 1. The third kappa shape index (κ3) is 3.19. The first kappa shape index (κ1) is 14.9. The van der Waals surface area contributed by atoms with Crippen molar-refractivity contribution in [3.05, 3.63) is 59.2 Å². The topological polar surface area (TPSA) is 30.0 Å². The predicted molar refractivity (Wildman–Crippen MR) is 97.8 cm³/mol. The number of hydrogen-bond acceptors (Lipinski definition) is 4. The number of hydrogen-bond donors (Lipinski definition) is 0. The van der Waals surface area contributed by atoms with E-state index in [1.54, 1.807) is 23.1 Å². The third-order valence-corrected chi connectivity index (χ3v) is 6.45. The molecule has 0 spiro atoms. The molecule has 116 valence electrons. The van der Waals surface area contributed by atoms with Crippen LogP contribution >= 0.6 is 23.1 Å². The number of fused-ring (bicyclic) bond motifs is 2. The van der Waals surface area contributed by atoms with Gasteiger partial charge < -0.3 is 0 Å². The van der Waals surface area contributed by atoms with E-state index in [0.29, 0.717) is 5.75 Å². The highest BCUT2D eigenvalue weighted by Gasteiger charge is 2.14. The van der Waals surface area contributed by atoms with Gasteiger partial charge in [0, 0.05) is 5.56 Å². The molecule has 2 aromatic carbocycles. The van der Waals surface area contributed by atoms with Crippen LogP contribution in [0.15, 0.2) is 46.8 Å². The molecule has 0 atom stereocenters. The molecule has 1 heterocycles. The lowest BCUT2D eigenvalue weighted by Crippen LogP contribution is -2.07. The molecule has 0 fully saturated rings. The minimum atomic E-state index is 0.197. The van der Waals surface area contributed by atoms with Crippen molar-refractivity contribution in [2.45, 2.75) is 30.0 Å². The van der Waals surface area contributed by atoms with Gasteiger partial charge in [0.2, 0.25) is 0 Å². The van der Waals surface area contributed by atoms with Crippen molar-refractivity contribution >= 4 is 39.1 Å². The minimum absolute atomic E-state index is 0.197. The summed E-state index contributed by atoms with van der Waals surface area (Å²) in [5.74, 6) is 0.654. The molecule has 2 nitrogen and oxygen atoms in total. The van der Waals surface area contributed by atoms with Crippen LogP contribution in [0, 0.1) is 0 Å². The number of aromatic nitrogens is 1. The van der Waals surface area contributed by atoms with Gasteiger partial charge in [-0.1, -0.05) is 36.0 Å². The molecule has 0 amide bonds. The highest BCUT2D eigenvalue weighted by atomic mass is 32.2. The molecule has 0 N–H and O–H groups in total. The molecule has 4 rings (SSSR count). The lowest BCUT2D eigenvalue weighted by atomic mass is 9.90. The summed E-state index contributed by atoms with van der Waals surface area (Å²) in [5.41, 5.74) is 4.65. The molecule has 0 saturated heterocycles. The molecule has 3 aromatic rings. The van der Waals surface area contributed by atoms with Crippen molar-refractivity contribution in [1.82, 2.24) is 4.98 Å². The Morgan fingerprint density at radius 1 is 1.09 bits per heavy atom. The smallest absolute Gasteiger partial charge is 0.173 e. The van der Waals surface area contributed by atoms with Gasteiger partial charge in [-0.3, -0.25) is 4.79 Å². The lowest BCUT2D eigenvalue weighted by Gasteiger charge is -2.16. The number of thioether (sulfide) groups is 1. The quantitative estimate of drug-likeness (QED) is 0.486. The minimum Gasteiger partial charge on any atom is -0.293 e. The summed E-state index contributed by atoms with van der Waals surface area (Å²) in [7, 11) is 0. The number of benzene rings is 2. The summed E-state index contributed by atoms with van der Waals surface area (Å²) < 4.78 is 2.15. The van der Waals surface area contributed by atoms with Gasteiger partial charge in [0.25, 0.3) is 0 Å². The van der Waals surface area contributed by atoms with Crippen molar-refractivity contribution in [3.8, 4) is 0 Å².